The van der Waals surface area contributed by atoms with Crippen LogP contribution in [0.2, 0.25) is 0 Å². The highest BCUT2D eigenvalue weighted by Crippen LogP contribution is 2.29. The molecule has 100 valence electrons. The fourth-order valence-electron chi connectivity index (χ4n) is 1.60. The van der Waals surface area contributed by atoms with Gasteiger partial charge in [0.05, 0.1) is 18.2 Å². The smallest absolute Gasteiger partial charge is 0.320 e. The predicted octanol–water partition coefficient (Wildman–Crippen LogP) is 1.56. The number of nitrogens with two attached hydrogens (primary N) is 1. The molecule has 6 heteroatoms. The Morgan fingerprint density at radius 2 is 2.11 bits per heavy atom. The number of carbonyl (C=O) groups is 1. The lowest BCUT2D eigenvalue weighted by atomic mass is 10.0. The second-order valence-corrected chi connectivity index (χ2v) is 4.69. The van der Waals surface area contributed by atoms with E-state index in [0.717, 1.165) is 15.6 Å². The number of aliphatic carboxylic acids is 1. The lowest BCUT2D eigenvalue weighted by molar-refractivity contribution is -0.138. The van der Waals surface area contributed by atoms with Crippen LogP contribution in [-0.2, 0) is 22.6 Å². The molecule has 1 aromatic rings. The fourth-order valence-corrected chi connectivity index (χ4v) is 2.15. The van der Waals surface area contributed by atoms with Gasteiger partial charge in [-0.15, -0.1) is 0 Å². The Balaban J connectivity index is 3.08. The Labute approximate surface area is 114 Å². The molecule has 0 bridgehead atoms. The summed E-state index contributed by atoms with van der Waals surface area (Å²) in [5, 5.41) is 8.84. The normalized spacial score (nSPS) is 12.2. The Morgan fingerprint density at radius 3 is 2.61 bits per heavy atom. The van der Waals surface area contributed by atoms with E-state index in [2.05, 4.69) is 15.9 Å². The SMILES string of the molecule is COCc1cc(OC)c(Br)cc1CC(N)C(=O)O. The molecule has 3 N–H and O–H groups in total. The van der Waals surface area contributed by atoms with Gasteiger partial charge in [-0.1, -0.05) is 0 Å². The van der Waals surface area contributed by atoms with Gasteiger partial charge in [0.2, 0.25) is 0 Å². The summed E-state index contributed by atoms with van der Waals surface area (Å²) < 4.78 is 11.0. The molecule has 1 rings (SSSR count). The van der Waals surface area contributed by atoms with Gasteiger partial charge in [-0.2, -0.15) is 0 Å². The van der Waals surface area contributed by atoms with Crippen molar-refractivity contribution in [2.45, 2.75) is 19.1 Å². The van der Waals surface area contributed by atoms with Crippen LogP contribution in [-0.4, -0.2) is 31.3 Å². The van der Waals surface area contributed by atoms with Crippen molar-refractivity contribution >= 4 is 21.9 Å². The van der Waals surface area contributed by atoms with Crippen LogP contribution in [0.5, 0.6) is 5.75 Å². The average molecular weight is 318 g/mol. The van der Waals surface area contributed by atoms with Crippen LogP contribution in [0.1, 0.15) is 11.1 Å². The van der Waals surface area contributed by atoms with Gasteiger partial charge in [-0.05, 0) is 45.6 Å². The Bertz CT molecular complexity index is 436. The third-order valence-corrected chi connectivity index (χ3v) is 3.15. The zero-order valence-corrected chi connectivity index (χ0v) is 11.9. The lowest BCUT2D eigenvalue weighted by Crippen LogP contribution is -2.32. The second-order valence-electron chi connectivity index (χ2n) is 3.84. The van der Waals surface area contributed by atoms with E-state index in [1.165, 1.54) is 0 Å². The first-order valence-corrected chi connectivity index (χ1v) is 6.11. The summed E-state index contributed by atoms with van der Waals surface area (Å²) in [5.41, 5.74) is 7.25. The summed E-state index contributed by atoms with van der Waals surface area (Å²) in [6.07, 6.45) is 0.247. The van der Waals surface area contributed by atoms with Crippen molar-refractivity contribution in [3.05, 3.63) is 27.7 Å². The summed E-state index contributed by atoms with van der Waals surface area (Å²) in [6, 6.07) is 2.70. The molecule has 0 amide bonds. The maximum atomic E-state index is 10.8. The topological polar surface area (TPSA) is 81.8 Å². The van der Waals surface area contributed by atoms with E-state index >= 15 is 0 Å². The summed E-state index contributed by atoms with van der Waals surface area (Å²) in [7, 11) is 3.15. The number of halogens is 1. The molecule has 0 saturated carbocycles. The molecular formula is C12H16BrNO4. The predicted molar refractivity (Wildman–Crippen MR) is 70.7 cm³/mol. The van der Waals surface area contributed by atoms with Crippen molar-refractivity contribution in [3.63, 3.8) is 0 Å². The van der Waals surface area contributed by atoms with E-state index in [0.29, 0.717) is 12.4 Å². The minimum atomic E-state index is -1.02. The minimum Gasteiger partial charge on any atom is -0.496 e. The molecule has 0 aliphatic carbocycles. The van der Waals surface area contributed by atoms with Gasteiger partial charge >= 0.3 is 5.97 Å². The summed E-state index contributed by atoms with van der Waals surface area (Å²) in [5.74, 6) is -0.347. The number of hydrogen-bond donors (Lipinski definition) is 2. The van der Waals surface area contributed by atoms with Gasteiger partial charge in [0, 0.05) is 7.11 Å². The second kappa shape index (κ2) is 6.72. The van der Waals surface area contributed by atoms with Crippen LogP contribution >= 0.6 is 15.9 Å². The van der Waals surface area contributed by atoms with Gasteiger partial charge in [-0.25, -0.2) is 0 Å². The quantitative estimate of drug-likeness (QED) is 0.832. The Morgan fingerprint density at radius 1 is 1.44 bits per heavy atom. The maximum absolute atomic E-state index is 10.8. The number of ether oxygens (including phenoxy) is 2. The Hall–Kier alpha value is -1.11. The van der Waals surface area contributed by atoms with E-state index < -0.39 is 12.0 Å². The maximum Gasteiger partial charge on any atom is 0.320 e. The minimum absolute atomic E-state index is 0.247. The van der Waals surface area contributed by atoms with Crippen molar-refractivity contribution in [1.29, 1.82) is 0 Å². The van der Waals surface area contributed by atoms with Crippen LogP contribution < -0.4 is 10.5 Å². The number of hydrogen-bond acceptors (Lipinski definition) is 4. The van der Waals surface area contributed by atoms with Gasteiger partial charge in [0.15, 0.2) is 0 Å². The number of carboxylic acid groups (broad SMARTS) is 1. The number of rotatable bonds is 6. The van der Waals surface area contributed by atoms with Crippen molar-refractivity contribution in [1.82, 2.24) is 0 Å². The van der Waals surface area contributed by atoms with E-state index in [-0.39, 0.29) is 6.42 Å². The van der Waals surface area contributed by atoms with Crippen LogP contribution in [0.25, 0.3) is 0 Å². The van der Waals surface area contributed by atoms with Gasteiger partial charge in [-0.3, -0.25) is 4.79 Å². The van der Waals surface area contributed by atoms with Gasteiger partial charge in [0.1, 0.15) is 11.8 Å². The van der Waals surface area contributed by atoms with Crippen molar-refractivity contribution in [3.8, 4) is 5.75 Å². The lowest BCUT2D eigenvalue weighted by Gasteiger charge is -2.14. The summed E-state index contributed by atoms with van der Waals surface area (Å²) in [6.45, 7) is 0.380. The molecule has 0 aliphatic heterocycles. The summed E-state index contributed by atoms with van der Waals surface area (Å²) in [4.78, 5) is 10.8. The van der Waals surface area contributed by atoms with E-state index in [1.807, 2.05) is 12.1 Å². The zero-order chi connectivity index (χ0) is 13.7. The average Bonchev–Trinajstić information content (AvgIpc) is 2.32. The highest BCUT2D eigenvalue weighted by Gasteiger charge is 2.16. The first-order chi connectivity index (χ1) is 8.49. The van der Waals surface area contributed by atoms with Crippen LogP contribution in [0.4, 0.5) is 0 Å². The molecule has 1 aromatic carbocycles. The van der Waals surface area contributed by atoms with Crippen LogP contribution in [0.3, 0.4) is 0 Å². The molecule has 0 aromatic heterocycles. The molecule has 18 heavy (non-hydrogen) atoms. The third-order valence-electron chi connectivity index (χ3n) is 2.53. The standard InChI is InChI=1S/C12H16BrNO4/c1-17-6-8-5-11(18-2)9(13)3-7(8)4-10(14)12(15)16/h3,5,10H,4,6,14H2,1-2H3,(H,15,16). The van der Waals surface area contributed by atoms with Gasteiger partial charge in [0.25, 0.3) is 0 Å². The molecular weight excluding hydrogens is 302 g/mol. The van der Waals surface area contributed by atoms with Crippen molar-refractivity contribution in [2.24, 2.45) is 5.73 Å². The first-order valence-electron chi connectivity index (χ1n) is 5.32. The summed E-state index contributed by atoms with van der Waals surface area (Å²) >= 11 is 3.37. The zero-order valence-electron chi connectivity index (χ0n) is 10.3. The highest BCUT2D eigenvalue weighted by atomic mass is 79.9. The first kappa shape index (κ1) is 14.9. The monoisotopic (exact) mass is 317 g/mol. The molecule has 5 nitrogen and oxygen atoms in total. The molecule has 0 fully saturated rings. The molecule has 1 atom stereocenters. The van der Waals surface area contributed by atoms with Crippen molar-refractivity contribution < 1.29 is 19.4 Å². The Kier molecular flexibility index (Phi) is 5.58. The fraction of sp³-hybridized carbons (Fsp3) is 0.417. The number of benzene rings is 1. The van der Waals surface area contributed by atoms with E-state index in [1.54, 1.807) is 14.2 Å². The van der Waals surface area contributed by atoms with Crippen LogP contribution in [0, 0.1) is 0 Å². The largest absolute Gasteiger partial charge is 0.496 e. The number of methoxy groups -OCH3 is 2. The molecule has 0 heterocycles. The number of carboxylic acids is 1. The van der Waals surface area contributed by atoms with E-state index in [9.17, 15) is 4.79 Å². The molecule has 1 unspecified atom stereocenters. The molecule has 0 aliphatic rings. The third kappa shape index (κ3) is 3.69. The van der Waals surface area contributed by atoms with Gasteiger partial charge < -0.3 is 20.3 Å². The molecule has 0 spiro atoms. The van der Waals surface area contributed by atoms with Crippen molar-refractivity contribution in [2.75, 3.05) is 14.2 Å². The van der Waals surface area contributed by atoms with E-state index in [4.69, 9.17) is 20.3 Å². The molecule has 0 radical (unpaired) electrons. The van der Waals surface area contributed by atoms with Crippen LogP contribution in [0.15, 0.2) is 16.6 Å². The highest BCUT2D eigenvalue weighted by molar-refractivity contribution is 9.10. The molecule has 0 saturated heterocycles.